The van der Waals surface area contributed by atoms with Gasteiger partial charge in [-0.2, -0.15) is 0 Å². The maximum atomic E-state index is 12.1. The van der Waals surface area contributed by atoms with Crippen molar-refractivity contribution < 1.29 is 24.4 Å². The van der Waals surface area contributed by atoms with E-state index in [9.17, 15) is 4.39 Å². The van der Waals surface area contributed by atoms with E-state index in [1.165, 1.54) is 0 Å². The number of aliphatic hydroxyl groups excluding tert-OH is 3. The lowest BCUT2D eigenvalue weighted by atomic mass is 9.98. The van der Waals surface area contributed by atoms with Gasteiger partial charge in [-0.15, -0.1) is 0 Å². The van der Waals surface area contributed by atoms with Crippen LogP contribution in [-0.2, 0) is 4.74 Å². The van der Waals surface area contributed by atoms with Gasteiger partial charge in [0.15, 0.2) is 6.29 Å². The molecule has 0 aliphatic carbocycles. The zero-order valence-corrected chi connectivity index (χ0v) is 6.30. The molecule has 1 fully saturated rings. The highest BCUT2D eigenvalue weighted by molar-refractivity contribution is 4.90. The lowest BCUT2D eigenvalue weighted by Crippen LogP contribution is -2.61. The summed E-state index contributed by atoms with van der Waals surface area (Å²) in [6.45, 7) is -0.970. The van der Waals surface area contributed by atoms with Crippen molar-refractivity contribution in [3.05, 3.63) is 0 Å². The SMILES string of the molecule is N[C@@H]1C(O)[C@@H](O)C(CF)O[C@@H]1O. The number of hydrogen-bond donors (Lipinski definition) is 4. The summed E-state index contributed by atoms with van der Waals surface area (Å²) >= 11 is 0. The highest BCUT2D eigenvalue weighted by atomic mass is 19.1. The maximum absolute atomic E-state index is 12.1. The first-order valence-electron chi connectivity index (χ1n) is 3.59. The molecule has 0 spiro atoms. The van der Waals surface area contributed by atoms with Gasteiger partial charge < -0.3 is 25.8 Å². The zero-order valence-electron chi connectivity index (χ0n) is 6.30. The first-order chi connectivity index (χ1) is 5.57. The van der Waals surface area contributed by atoms with Crippen LogP contribution in [0.3, 0.4) is 0 Å². The molecule has 0 saturated carbocycles. The molecule has 0 radical (unpaired) electrons. The number of rotatable bonds is 1. The third-order valence-electron chi connectivity index (χ3n) is 1.92. The molecule has 1 aliphatic heterocycles. The van der Waals surface area contributed by atoms with E-state index < -0.39 is 37.3 Å². The van der Waals surface area contributed by atoms with Crippen LogP contribution < -0.4 is 5.73 Å². The summed E-state index contributed by atoms with van der Waals surface area (Å²) in [5.74, 6) is 0. The van der Waals surface area contributed by atoms with E-state index in [0.717, 1.165) is 0 Å². The number of nitrogens with two attached hydrogens (primary N) is 1. The molecule has 5 N–H and O–H groups in total. The van der Waals surface area contributed by atoms with Crippen LogP contribution in [-0.4, -0.2) is 52.6 Å². The van der Waals surface area contributed by atoms with Gasteiger partial charge >= 0.3 is 0 Å². The van der Waals surface area contributed by atoms with E-state index in [1.54, 1.807) is 0 Å². The molecule has 72 valence electrons. The molecule has 5 atom stereocenters. The van der Waals surface area contributed by atoms with Crippen molar-refractivity contribution in [2.75, 3.05) is 6.67 Å². The molecule has 1 heterocycles. The van der Waals surface area contributed by atoms with Gasteiger partial charge in [0.05, 0.1) is 6.04 Å². The van der Waals surface area contributed by atoms with Crippen LogP contribution in [0.1, 0.15) is 0 Å². The Morgan fingerprint density at radius 3 is 2.33 bits per heavy atom. The van der Waals surface area contributed by atoms with Crippen molar-refractivity contribution in [2.45, 2.75) is 30.6 Å². The standard InChI is InChI=1S/C6H12FNO4/c7-1-2-4(9)5(10)3(8)6(11)12-2/h2-6,9-11H,1,8H2/t2?,3-,4+,5?,6+/m1/s1. The average Bonchev–Trinajstić information content (AvgIpc) is 2.08. The van der Waals surface area contributed by atoms with Crippen LogP contribution in [0.15, 0.2) is 0 Å². The highest BCUT2D eigenvalue weighted by Crippen LogP contribution is 2.18. The minimum Gasteiger partial charge on any atom is -0.388 e. The van der Waals surface area contributed by atoms with Crippen LogP contribution in [0.2, 0.25) is 0 Å². The van der Waals surface area contributed by atoms with Crippen molar-refractivity contribution >= 4 is 0 Å². The summed E-state index contributed by atoms with van der Waals surface area (Å²) in [5.41, 5.74) is 5.22. The van der Waals surface area contributed by atoms with Crippen molar-refractivity contribution in [1.29, 1.82) is 0 Å². The van der Waals surface area contributed by atoms with Crippen molar-refractivity contribution in [3.63, 3.8) is 0 Å². The molecule has 6 heteroatoms. The quantitative estimate of drug-likeness (QED) is 0.365. The number of halogens is 1. The van der Waals surface area contributed by atoms with Gasteiger partial charge in [0.25, 0.3) is 0 Å². The fourth-order valence-electron chi connectivity index (χ4n) is 1.09. The number of ether oxygens (including phenoxy) is 1. The van der Waals surface area contributed by atoms with Gasteiger partial charge in [-0.3, -0.25) is 0 Å². The molecular formula is C6H12FNO4. The molecule has 1 saturated heterocycles. The lowest BCUT2D eigenvalue weighted by Gasteiger charge is -2.37. The average molecular weight is 181 g/mol. The van der Waals surface area contributed by atoms with Crippen molar-refractivity contribution in [3.8, 4) is 0 Å². The topological polar surface area (TPSA) is 95.9 Å². The van der Waals surface area contributed by atoms with Gasteiger partial charge in [-0.05, 0) is 0 Å². The molecule has 1 aliphatic rings. The Hall–Kier alpha value is -0.270. The van der Waals surface area contributed by atoms with Gasteiger partial charge in [0, 0.05) is 0 Å². The summed E-state index contributed by atoms with van der Waals surface area (Å²) < 4.78 is 16.6. The first kappa shape index (κ1) is 9.82. The summed E-state index contributed by atoms with van der Waals surface area (Å²) in [5, 5.41) is 27.2. The third-order valence-corrected chi connectivity index (χ3v) is 1.92. The van der Waals surface area contributed by atoms with E-state index >= 15 is 0 Å². The lowest BCUT2D eigenvalue weighted by molar-refractivity contribution is -0.244. The normalized spacial score (nSPS) is 49.2. The second-order valence-electron chi connectivity index (χ2n) is 2.78. The predicted molar refractivity (Wildman–Crippen MR) is 36.8 cm³/mol. The van der Waals surface area contributed by atoms with E-state index in [-0.39, 0.29) is 0 Å². The Kier molecular flexibility index (Phi) is 2.97. The summed E-state index contributed by atoms with van der Waals surface area (Å²) in [6.07, 6.45) is -5.36. The molecule has 1 rings (SSSR count). The Balaban J connectivity index is 2.63. The maximum Gasteiger partial charge on any atom is 0.173 e. The Morgan fingerprint density at radius 2 is 1.83 bits per heavy atom. The van der Waals surface area contributed by atoms with E-state index in [1.807, 2.05) is 0 Å². The fraction of sp³-hybridized carbons (Fsp3) is 1.00. The van der Waals surface area contributed by atoms with Crippen molar-refractivity contribution in [1.82, 2.24) is 0 Å². The van der Waals surface area contributed by atoms with E-state index in [4.69, 9.17) is 21.1 Å². The molecule has 0 aromatic heterocycles. The minimum atomic E-state index is -1.43. The molecule has 0 aromatic carbocycles. The summed E-state index contributed by atoms with van der Waals surface area (Å²) in [4.78, 5) is 0. The minimum absolute atomic E-state index is 0.970. The highest BCUT2D eigenvalue weighted by Gasteiger charge is 2.41. The second-order valence-corrected chi connectivity index (χ2v) is 2.78. The second kappa shape index (κ2) is 3.63. The van der Waals surface area contributed by atoms with Crippen LogP contribution in [0.5, 0.6) is 0 Å². The smallest absolute Gasteiger partial charge is 0.173 e. The van der Waals surface area contributed by atoms with E-state index in [2.05, 4.69) is 4.74 Å². The Labute approximate surface area is 68.6 Å². The Bertz CT molecular complexity index is 154. The summed E-state index contributed by atoms with van der Waals surface area (Å²) in [6, 6.07) is -1.09. The molecule has 0 amide bonds. The first-order valence-corrected chi connectivity index (χ1v) is 3.59. The monoisotopic (exact) mass is 181 g/mol. The molecule has 0 bridgehead atoms. The number of alkyl halides is 1. The van der Waals surface area contributed by atoms with E-state index in [0.29, 0.717) is 0 Å². The van der Waals surface area contributed by atoms with Crippen molar-refractivity contribution in [2.24, 2.45) is 5.73 Å². The van der Waals surface area contributed by atoms with Crippen LogP contribution in [0.4, 0.5) is 4.39 Å². The van der Waals surface area contributed by atoms with Crippen LogP contribution >= 0.6 is 0 Å². The van der Waals surface area contributed by atoms with Crippen LogP contribution in [0.25, 0.3) is 0 Å². The largest absolute Gasteiger partial charge is 0.388 e. The Morgan fingerprint density at radius 1 is 1.25 bits per heavy atom. The molecule has 2 unspecified atom stereocenters. The predicted octanol–water partition coefficient (Wildman–Crippen LogP) is -2.28. The zero-order chi connectivity index (χ0) is 9.30. The molecule has 5 nitrogen and oxygen atoms in total. The van der Waals surface area contributed by atoms with Gasteiger partial charge in [-0.25, -0.2) is 4.39 Å². The number of hydrogen-bond acceptors (Lipinski definition) is 5. The molecule has 0 aromatic rings. The number of aliphatic hydroxyl groups is 3. The molecule has 12 heavy (non-hydrogen) atoms. The fourth-order valence-corrected chi connectivity index (χ4v) is 1.09. The molecular weight excluding hydrogens is 169 g/mol. The van der Waals surface area contributed by atoms with Gasteiger partial charge in [0.2, 0.25) is 0 Å². The third kappa shape index (κ3) is 1.57. The summed E-state index contributed by atoms with van der Waals surface area (Å²) in [7, 11) is 0. The van der Waals surface area contributed by atoms with Gasteiger partial charge in [0.1, 0.15) is 25.0 Å². The van der Waals surface area contributed by atoms with Crippen LogP contribution in [0, 0.1) is 0 Å². The van der Waals surface area contributed by atoms with Gasteiger partial charge in [-0.1, -0.05) is 0 Å².